The molecule has 1 aromatic rings. The van der Waals surface area contributed by atoms with Gasteiger partial charge < -0.3 is 4.98 Å². The van der Waals surface area contributed by atoms with Crippen molar-refractivity contribution in [3.63, 3.8) is 0 Å². The highest BCUT2D eigenvalue weighted by Crippen LogP contribution is 1.70. The molecular weight excluding hydrogens is 112 g/mol. The lowest BCUT2D eigenvalue weighted by molar-refractivity contribution is 1.23. The topological polar surface area (TPSA) is 28.7 Å². The van der Waals surface area contributed by atoms with E-state index >= 15 is 0 Å². The smallest absolute Gasteiger partial charge is 0.0931 e. The fraction of sp³-hybridized carbons (Fsp3) is 0.286. The Hall–Kier alpha value is -1.05. The molecule has 2 heteroatoms. The minimum Gasteiger partial charge on any atom is -0.345 e. The lowest BCUT2D eigenvalue weighted by atomic mass is 10.4. The zero-order valence-electron chi connectivity index (χ0n) is 5.52. The number of hydrogen-bond acceptors (Lipinski definition) is 1. The van der Waals surface area contributed by atoms with Gasteiger partial charge in [-0.25, -0.2) is 4.98 Å². The zero-order valence-corrected chi connectivity index (χ0v) is 5.52. The van der Waals surface area contributed by atoms with E-state index in [1.807, 2.05) is 0 Å². The van der Waals surface area contributed by atoms with Crippen LogP contribution in [0.15, 0.2) is 6.33 Å². The monoisotopic (exact) mass is 122 g/mol. The van der Waals surface area contributed by atoms with Crippen molar-refractivity contribution in [3.05, 3.63) is 17.0 Å². The first-order valence-electron chi connectivity index (χ1n) is 3.03. The van der Waals surface area contributed by atoms with Crippen LogP contribution in [0.3, 0.4) is 0 Å². The maximum Gasteiger partial charge on any atom is 0.0931 e. The van der Waals surface area contributed by atoms with Gasteiger partial charge in [0.05, 0.1) is 17.0 Å². The van der Waals surface area contributed by atoms with Gasteiger partial charge in [-0.1, -0.05) is 19.6 Å². The summed E-state index contributed by atoms with van der Waals surface area (Å²) < 4.78 is 0. The predicted molar refractivity (Wildman–Crippen MR) is 38.1 cm³/mol. The third kappa shape index (κ3) is 1.19. The molecule has 0 aromatic carbocycles. The van der Waals surface area contributed by atoms with Gasteiger partial charge in [-0.3, -0.25) is 0 Å². The number of hydrogen-bond donors (Lipinski definition) is 1. The lowest BCUT2D eigenvalue weighted by Crippen LogP contribution is -2.22. The van der Waals surface area contributed by atoms with Crippen LogP contribution in [-0.2, 0) is 0 Å². The van der Waals surface area contributed by atoms with Crippen molar-refractivity contribution in [3.8, 4) is 0 Å². The van der Waals surface area contributed by atoms with E-state index in [0.717, 1.165) is 17.1 Å². The number of H-pyrrole nitrogens is 1. The highest BCUT2D eigenvalue weighted by molar-refractivity contribution is 5.17. The van der Waals surface area contributed by atoms with Crippen LogP contribution in [0.1, 0.15) is 13.3 Å². The minimum absolute atomic E-state index is 0.830. The van der Waals surface area contributed by atoms with Crippen LogP contribution in [0, 0.1) is 0 Å². The van der Waals surface area contributed by atoms with Crippen molar-refractivity contribution in [2.75, 3.05) is 0 Å². The third-order valence-corrected chi connectivity index (χ3v) is 1.16. The average molecular weight is 122 g/mol. The molecule has 0 saturated carbocycles. The molecule has 9 heavy (non-hydrogen) atoms. The van der Waals surface area contributed by atoms with E-state index in [2.05, 4.69) is 29.5 Å². The Bertz CT molecular complexity index is 271. The van der Waals surface area contributed by atoms with Crippen molar-refractivity contribution in [1.29, 1.82) is 0 Å². The molecule has 2 nitrogen and oxygen atoms in total. The molecule has 0 aliphatic rings. The van der Waals surface area contributed by atoms with E-state index in [9.17, 15) is 0 Å². The summed E-state index contributed by atoms with van der Waals surface area (Å²) in [5.74, 6) is 0. The molecule has 0 radical (unpaired) electrons. The summed E-state index contributed by atoms with van der Waals surface area (Å²) in [7, 11) is 0. The second-order valence-electron chi connectivity index (χ2n) is 1.88. The van der Waals surface area contributed by atoms with Gasteiger partial charge in [0.2, 0.25) is 0 Å². The van der Waals surface area contributed by atoms with Gasteiger partial charge in [0.1, 0.15) is 0 Å². The van der Waals surface area contributed by atoms with Crippen molar-refractivity contribution in [1.82, 2.24) is 9.97 Å². The van der Waals surface area contributed by atoms with Crippen LogP contribution in [0.4, 0.5) is 0 Å². The van der Waals surface area contributed by atoms with Crippen LogP contribution in [0.5, 0.6) is 0 Å². The minimum atomic E-state index is 0.830. The first-order valence-corrected chi connectivity index (χ1v) is 3.03. The summed E-state index contributed by atoms with van der Waals surface area (Å²) in [6.07, 6.45) is 4.74. The molecule has 0 aliphatic heterocycles. The SMILES string of the molecule is C=c1nc[nH]/c1=C/CC. The van der Waals surface area contributed by atoms with Crippen molar-refractivity contribution >= 4 is 12.7 Å². The normalized spacial score (nSPS) is 12.3. The maximum absolute atomic E-state index is 3.94. The molecule has 0 fully saturated rings. The average Bonchev–Trinajstić information content (AvgIpc) is 2.18. The quantitative estimate of drug-likeness (QED) is 0.558. The maximum atomic E-state index is 3.94. The Morgan fingerprint density at radius 3 is 3.11 bits per heavy atom. The molecule has 0 amide bonds. The second-order valence-corrected chi connectivity index (χ2v) is 1.88. The summed E-state index contributed by atoms with van der Waals surface area (Å²) in [5.41, 5.74) is 0. The van der Waals surface area contributed by atoms with Gasteiger partial charge in [0.15, 0.2) is 0 Å². The Kier molecular flexibility index (Phi) is 1.68. The van der Waals surface area contributed by atoms with E-state index in [1.165, 1.54) is 0 Å². The van der Waals surface area contributed by atoms with E-state index in [4.69, 9.17) is 0 Å². The van der Waals surface area contributed by atoms with E-state index in [1.54, 1.807) is 6.33 Å². The van der Waals surface area contributed by atoms with Crippen LogP contribution >= 0.6 is 0 Å². The molecule has 0 unspecified atom stereocenters. The van der Waals surface area contributed by atoms with Crippen molar-refractivity contribution in [2.45, 2.75) is 13.3 Å². The lowest BCUT2D eigenvalue weighted by Gasteiger charge is -1.73. The molecule has 1 heterocycles. The van der Waals surface area contributed by atoms with Gasteiger partial charge in [0.25, 0.3) is 0 Å². The number of aromatic nitrogens is 2. The fourth-order valence-electron chi connectivity index (χ4n) is 0.713. The molecule has 0 spiro atoms. The summed E-state index contributed by atoms with van der Waals surface area (Å²) in [5, 5.41) is 1.87. The predicted octanol–water partition coefficient (Wildman–Crippen LogP) is 0.0105. The molecule has 1 rings (SSSR count). The molecule has 1 N–H and O–H groups in total. The van der Waals surface area contributed by atoms with Gasteiger partial charge in [0, 0.05) is 0 Å². The Balaban J connectivity index is 3.23. The number of aromatic amines is 1. The van der Waals surface area contributed by atoms with Gasteiger partial charge in [-0.05, 0) is 6.42 Å². The second kappa shape index (κ2) is 2.49. The largest absolute Gasteiger partial charge is 0.345 e. The van der Waals surface area contributed by atoms with Crippen LogP contribution in [0.2, 0.25) is 0 Å². The van der Waals surface area contributed by atoms with E-state index in [-0.39, 0.29) is 0 Å². The summed E-state index contributed by atoms with van der Waals surface area (Å²) in [6, 6.07) is 0. The molecule has 0 bridgehead atoms. The molecular formula is C7H10N2. The summed E-state index contributed by atoms with van der Waals surface area (Å²) >= 11 is 0. The Labute approximate surface area is 53.9 Å². The van der Waals surface area contributed by atoms with Crippen LogP contribution in [-0.4, -0.2) is 9.97 Å². The Morgan fingerprint density at radius 1 is 1.89 bits per heavy atom. The molecule has 1 aromatic heterocycles. The number of nitrogens with zero attached hydrogens (tertiary/aromatic N) is 1. The van der Waals surface area contributed by atoms with Gasteiger partial charge in [-0.15, -0.1) is 0 Å². The first kappa shape index (κ1) is 6.08. The van der Waals surface area contributed by atoms with Gasteiger partial charge >= 0.3 is 0 Å². The molecule has 48 valence electrons. The highest BCUT2D eigenvalue weighted by Gasteiger charge is 1.79. The first-order chi connectivity index (χ1) is 4.34. The number of imidazole rings is 1. The number of rotatable bonds is 1. The molecule has 0 saturated heterocycles. The standard InChI is InChI=1S/C7H10N2/c1-3-4-7-6(2)8-5-9-7/h4-5H,2-3H2,1H3,(H,8,9)/b7-4+. The molecule has 0 atom stereocenters. The Morgan fingerprint density at radius 2 is 2.67 bits per heavy atom. The summed E-state index contributed by atoms with van der Waals surface area (Å²) in [6.45, 7) is 5.81. The van der Waals surface area contributed by atoms with Crippen molar-refractivity contribution < 1.29 is 0 Å². The zero-order chi connectivity index (χ0) is 6.69. The van der Waals surface area contributed by atoms with Crippen molar-refractivity contribution in [2.24, 2.45) is 0 Å². The number of nitrogens with one attached hydrogen (secondary N) is 1. The fourth-order valence-corrected chi connectivity index (χ4v) is 0.713. The van der Waals surface area contributed by atoms with Crippen LogP contribution < -0.4 is 10.7 Å². The van der Waals surface area contributed by atoms with E-state index in [0.29, 0.717) is 0 Å². The van der Waals surface area contributed by atoms with Crippen LogP contribution in [0.25, 0.3) is 12.7 Å². The summed E-state index contributed by atoms with van der Waals surface area (Å²) in [4.78, 5) is 6.91. The van der Waals surface area contributed by atoms with Gasteiger partial charge in [-0.2, -0.15) is 0 Å². The van der Waals surface area contributed by atoms with E-state index < -0.39 is 0 Å². The molecule has 0 aliphatic carbocycles. The highest BCUT2D eigenvalue weighted by atomic mass is 14.8. The third-order valence-electron chi connectivity index (χ3n) is 1.16.